The van der Waals surface area contributed by atoms with Crippen molar-refractivity contribution in [1.82, 2.24) is 0 Å². The SMILES string of the molecule is CC(C)=COBO. The van der Waals surface area contributed by atoms with Crippen LogP contribution < -0.4 is 0 Å². The molecule has 0 radical (unpaired) electrons. The van der Waals surface area contributed by atoms with Crippen molar-refractivity contribution in [3.8, 4) is 0 Å². The molecule has 0 aliphatic rings. The van der Waals surface area contributed by atoms with Crippen LogP contribution in [-0.4, -0.2) is 12.7 Å². The molecule has 0 aromatic rings. The van der Waals surface area contributed by atoms with Gasteiger partial charge in [-0.25, -0.2) is 0 Å². The van der Waals surface area contributed by atoms with Crippen LogP contribution in [0.2, 0.25) is 0 Å². The number of hydrogen-bond donors (Lipinski definition) is 1. The third-order valence-electron chi connectivity index (χ3n) is 0.394. The second kappa shape index (κ2) is 3.74. The summed E-state index contributed by atoms with van der Waals surface area (Å²) in [6, 6.07) is 0. The molecule has 2 nitrogen and oxygen atoms in total. The van der Waals surface area contributed by atoms with Gasteiger partial charge < -0.3 is 9.68 Å². The Morgan fingerprint density at radius 1 is 1.71 bits per heavy atom. The van der Waals surface area contributed by atoms with Crippen molar-refractivity contribution in [2.45, 2.75) is 13.8 Å². The predicted molar refractivity (Wildman–Crippen MR) is 29.9 cm³/mol. The molecule has 0 amide bonds. The lowest BCUT2D eigenvalue weighted by atomic mass is 10.4. The molecule has 0 saturated heterocycles. The molecule has 0 saturated carbocycles. The van der Waals surface area contributed by atoms with E-state index in [-0.39, 0.29) is 7.69 Å². The lowest BCUT2D eigenvalue weighted by Gasteiger charge is -1.89. The molecule has 0 aliphatic carbocycles. The van der Waals surface area contributed by atoms with Crippen LogP contribution in [0.5, 0.6) is 0 Å². The van der Waals surface area contributed by atoms with Gasteiger partial charge in [0, 0.05) is 0 Å². The minimum absolute atomic E-state index is 0.231. The first-order chi connectivity index (χ1) is 3.27. The Bertz CT molecular complexity index is 66.1. The van der Waals surface area contributed by atoms with Crippen LogP contribution in [-0.2, 0) is 4.65 Å². The Balaban J connectivity index is 3.08. The van der Waals surface area contributed by atoms with E-state index in [0.29, 0.717) is 0 Å². The van der Waals surface area contributed by atoms with Gasteiger partial charge in [-0.1, -0.05) is 0 Å². The van der Waals surface area contributed by atoms with E-state index in [4.69, 9.17) is 5.02 Å². The summed E-state index contributed by atoms with van der Waals surface area (Å²) in [7, 11) is -0.231. The van der Waals surface area contributed by atoms with Gasteiger partial charge in [0.2, 0.25) is 0 Å². The molecule has 0 rings (SSSR count). The molecule has 0 heterocycles. The van der Waals surface area contributed by atoms with Crippen molar-refractivity contribution in [3.63, 3.8) is 0 Å². The maximum Gasteiger partial charge on any atom is 0.503 e. The second-order valence-corrected chi connectivity index (χ2v) is 1.49. The lowest BCUT2D eigenvalue weighted by molar-refractivity contribution is 0.403. The van der Waals surface area contributed by atoms with Gasteiger partial charge in [-0.3, -0.25) is 0 Å². The Kier molecular flexibility index (Phi) is 3.51. The highest BCUT2D eigenvalue weighted by Gasteiger charge is 1.76. The average Bonchev–Trinajstić information content (AvgIpc) is 1.61. The first-order valence-corrected chi connectivity index (χ1v) is 2.13. The van der Waals surface area contributed by atoms with Gasteiger partial charge in [-0.05, 0) is 19.4 Å². The molecule has 3 heteroatoms. The maximum absolute atomic E-state index is 8.05. The summed E-state index contributed by atoms with van der Waals surface area (Å²) in [5, 5.41) is 8.05. The average molecular weight is 99.9 g/mol. The molecule has 40 valence electrons. The maximum atomic E-state index is 8.05. The van der Waals surface area contributed by atoms with Gasteiger partial charge in [-0.2, -0.15) is 0 Å². The van der Waals surface area contributed by atoms with Crippen LogP contribution in [0.3, 0.4) is 0 Å². The van der Waals surface area contributed by atoms with Crippen LogP contribution in [0.15, 0.2) is 11.8 Å². The molecule has 0 aromatic heterocycles. The van der Waals surface area contributed by atoms with E-state index < -0.39 is 0 Å². The molecular formula is C4H9BO2. The van der Waals surface area contributed by atoms with Gasteiger partial charge in [0.15, 0.2) is 0 Å². The fourth-order valence-electron chi connectivity index (χ4n) is 0.204. The number of hydrogen-bond acceptors (Lipinski definition) is 2. The van der Waals surface area contributed by atoms with Crippen molar-refractivity contribution < 1.29 is 9.68 Å². The van der Waals surface area contributed by atoms with Gasteiger partial charge >= 0.3 is 7.69 Å². The van der Waals surface area contributed by atoms with Crippen LogP contribution >= 0.6 is 0 Å². The van der Waals surface area contributed by atoms with Crippen LogP contribution in [0.1, 0.15) is 13.8 Å². The molecular weight excluding hydrogens is 90.9 g/mol. The quantitative estimate of drug-likeness (QED) is 0.396. The first kappa shape index (κ1) is 6.56. The fourth-order valence-corrected chi connectivity index (χ4v) is 0.204. The largest absolute Gasteiger partial charge is 0.545 e. The Morgan fingerprint density at radius 3 is 2.43 bits per heavy atom. The molecule has 0 aliphatic heterocycles. The summed E-state index contributed by atoms with van der Waals surface area (Å²) in [6.07, 6.45) is 1.51. The van der Waals surface area contributed by atoms with E-state index in [9.17, 15) is 0 Å². The first-order valence-electron chi connectivity index (χ1n) is 2.13. The monoisotopic (exact) mass is 100 g/mol. The molecule has 1 N–H and O–H groups in total. The standard InChI is InChI=1S/C4H9BO2/c1-4(2)3-7-5-6/h3,5-6H,1-2H3. The van der Waals surface area contributed by atoms with Crippen LogP contribution in [0.25, 0.3) is 0 Å². The predicted octanol–water partition coefficient (Wildman–Crippen LogP) is 0.185. The topological polar surface area (TPSA) is 29.5 Å². The van der Waals surface area contributed by atoms with Crippen molar-refractivity contribution in [3.05, 3.63) is 11.8 Å². The third kappa shape index (κ3) is 5.56. The van der Waals surface area contributed by atoms with E-state index in [0.717, 1.165) is 5.57 Å². The minimum atomic E-state index is -0.231. The second-order valence-electron chi connectivity index (χ2n) is 1.49. The van der Waals surface area contributed by atoms with Gasteiger partial charge in [0.25, 0.3) is 0 Å². The number of rotatable bonds is 2. The number of allylic oxidation sites excluding steroid dienone is 1. The van der Waals surface area contributed by atoms with Crippen LogP contribution in [0.4, 0.5) is 0 Å². The third-order valence-corrected chi connectivity index (χ3v) is 0.394. The summed E-state index contributed by atoms with van der Waals surface area (Å²) in [6.45, 7) is 3.80. The van der Waals surface area contributed by atoms with Crippen LogP contribution in [0, 0.1) is 0 Å². The summed E-state index contributed by atoms with van der Waals surface area (Å²) < 4.78 is 4.49. The Morgan fingerprint density at radius 2 is 2.29 bits per heavy atom. The molecule has 0 spiro atoms. The van der Waals surface area contributed by atoms with Crippen molar-refractivity contribution >= 4 is 7.69 Å². The lowest BCUT2D eigenvalue weighted by Crippen LogP contribution is -1.87. The highest BCUT2D eigenvalue weighted by atomic mass is 16.5. The van der Waals surface area contributed by atoms with E-state index >= 15 is 0 Å². The molecule has 0 aromatic carbocycles. The molecule has 0 fully saturated rings. The zero-order valence-electron chi connectivity index (χ0n) is 4.64. The summed E-state index contributed by atoms with van der Waals surface area (Å²) >= 11 is 0. The highest BCUT2D eigenvalue weighted by Crippen LogP contribution is 1.85. The zero-order valence-corrected chi connectivity index (χ0v) is 4.64. The smallest absolute Gasteiger partial charge is 0.503 e. The summed E-state index contributed by atoms with van der Waals surface area (Å²) in [5.41, 5.74) is 1.05. The fraction of sp³-hybridized carbons (Fsp3) is 0.500. The van der Waals surface area contributed by atoms with Crippen molar-refractivity contribution in [2.24, 2.45) is 0 Å². The van der Waals surface area contributed by atoms with E-state index in [2.05, 4.69) is 4.65 Å². The van der Waals surface area contributed by atoms with Gasteiger partial charge in [0.05, 0.1) is 6.26 Å². The van der Waals surface area contributed by atoms with Crippen molar-refractivity contribution in [2.75, 3.05) is 0 Å². The van der Waals surface area contributed by atoms with E-state index in [1.54, 1.807) is 0 Å². The summed E-state index contributed by atoms with van der Waals surface area (Å²) in [4.78, 5) is 0. The zero-order chi connectivity index (χ0) is 5.70. The minimum Gasteiger partial charge on any atom is -0.545 e. The van der Waals surface area contributed by atoms with Gasteiger partial charge in [-0.15, -0.1) is 0 Å². The van der Waals surface area contributed by atoms with E-state index in [1.165, 1.54) is 6.26 Å². The summed E-state index contributed by atoms with van der Waals surface area (Å²) in [5.74, 6) is 0. The molecule has 7 heavy (non-hydrogen) atoms. The Hall–Kier alpha value is -0.435. The Labute approximate surface area is 44.1 Å². The van der Waals surface area contributed by atoms with E-state index in [1.807, 2.05) is 13.8 Å². The highest BCUT2D eigenvalue weighted by molar-refractivity contribution is 6.16. The van der Waals surface area contributed by atoms with Crippen molar-refractivity contribution in [1.29, 1.82) is 0 Å². The normalized spacial score (nSPS) is 7.29. The molecule has 0 atom stereocenters. The molecule has 0 unspecified atom stereocenters. The molecule has 0 bridgehead atoms. The van der Waals surface area contributed by atoms with Gasteiger partial charge in [0.1, 0.15) is 0 Å².